The van der Waals surface area contributed by atoms with Crippen LogP contribution in [0.5, 0.6) is 0 Å². The number of rotatable bonds is 7. The van der Waals surface area contributed by atoms with Gasteiger partial charge in [0.05, 0.1) is 33.3 Å². The lowest BCUT2D eigenvalue weighted by Crippen LogP contribution is -2.12. The molecule has 0 fully saturated rings. The van der Waals surface area contributed by atoms with Crippen LogP contribution < -0.4 is 5.73 Å². The number of fused-ring (bicyclic) bond motifs is 1. The van der Waals surface area contributed by atoms with Crippen LogP contribution in [-0.2, 0) is 26.9 Å². The maximum atomic E-state index is 12.5. The summed E-state index contributed by atoms with van der Waals surface area (Å²) in [6.45, 7) is 4.97. The minimum absolute atomic E-state index is 0.0124. The van der Waals surface area contributed by atoms with Crippen LogP contribution in [0.2, 0.25) is 0 Å². The number of benzene rings is 1. The molecule has 0 aliphatic carbocycles. The van der Waals surface area contributed by atoms with Gasteiger partial charge in [0.2, 0.25) is 5.71 Å². The molecule has 9 nitrogen and oxygen atoms in total. The molecule has 0 aliphatic rings. The van der Waals surface area contributed by atoms with Crippen LogP contribution in [0.25, 0.3) is 11.1 Å². The lowest BCUT2D eigenvalue weighted by Gasteiger charge is -2.08. The zero-order chi connectivity index (χ0) is 21.8. The number of nitrogens with two attached hydrogens (primary N) is 1. The number of hydrogen-bond acceptors (Lipinski definition) is 9. The van der Waals surface area contributed by atoms with Gasteiger partial charge in [0, 0.05) is 5.75 Å². The smallest absolute Gasteiger partial charge is 0.342 e. The number of aryl methyl sites for hydroxylation is 1. The zero-order valence-corrected chi connectivity index (χ0v) is 17.6. The number of nitrogens with zero attached hydrogens (tertiary/aromatic N) is 2. The Hall–Kier alpha value is -3.27. The molecule has 30 heavy (non-hydrogen) atoms. The molecule has 1 atom stereocenters. The number of esters is 2. The van der Waals surface area contributed by atoms with E-state index in [0.717, 1.165) is 0 Å². The second-order valence-electron chi connectivity index (χ2n) is 6.17. The van der Waals surface area contributed by atoms with Crippen LogP contribution in [0, 0.1) is 6.92 Å². The number of aromatic nitrogens is 2. The van der Waals surface area contributed by atoms with E-state index in [2.05, 4.69) is 9.97 Å². The van der Waals surface area contributed by atoms with Gasteiger partial charge in [-0.3, -0.25) is 4.21 Å². The molecule has 0 radical (unpaired) electrons. The van der Waals surface area contributed by atoms with Crippen LogP contribution >= 0.6 is 0 Å². The van der Waals surface area contributed by atoms with Crippen molar-refractivity contribution < 1.29 is 27.7 Å². The highest BCUT2D eigenvalue weighted by Crippen LogP contribution is 2.29. The first kappa shape index (κ1) is 21.4. The highest BCUT2D eigenvalue weighted by Gasteiger charge is 2.24. The highest BCUT2D eigenvalue weighted by molar-refractivity contribution is 7.85. The summed E-state index contributed by atoms with van der Waals surface area (Å²) < 4.78 is 28.0. The lowest BCUT2D eigenvalue weighted by molar-refractivity contribution is 0.0457. The molecular weight excluding hydrogens is 410 g/mol. The molecule has 0 amide bonds. The molecule has 0 saturated heterocycles. The van der Waals surface area contributed by atoms with E-state index in [1.807, 2.05) is 0 Å². The largest absolute Gasteiger partial charge is 0.462 e. The van der Waals surface area contributed by atoms with E-state index in [1.54, 1.807) is 45.0 Å². The van der Waals surface area contributed by atoms with Gasteiger partial charge < -0.3 is 19.6 Å². The van der Waals surface area contributed by atoms with Crippen LogP contribution in [0.4, 0.5) is 5.82 Å². The number of nitrogen functional groups attached to an aromatic ring is 1. The normalized spacial score (nSPS) is 12.0. The number of carbonyl (C=O) groups excluding carboxylic acids is 2. The third kappa shape index (κ3) is 4.18. The molecule has 0 aliphatic heterocycles. The molecule has 1 unspecified atom stereocenters. The van der Waals surface area contributed by atoms with Crippen molar-refractivity contribution in [2.24, 2.45) is 0 Å². The van der Waals surface area contributed by atoms with Gasteiger partial charge >= 0.3 is 11.9 Å². The van der Waals surface area contributed by atoms with Crippen molar-refractivity contribution in [2.45, 2.75) is 32.3 Å². The number of carbonyl (C=O) groups is 2. The highest BCUT2D eigenvalue weighted by atomic mass is 32.2. The van der Waals surface area contributed by atoms with Crippen molar-refractivity contribution in [3.05, 3.63) is 47.0 Å². The number of ether oxygens (including phenoxy) is 2. The van der Waals surface area contributed by atoms with E-state index in [4.69, 9.17) is 19.6 Å². The van der Waals surface area contributed by atoms with Gasteiger partial charge in [0.25, 0.3) is 0 Å². The average Bonchev–Trinajstić information content (AvgIpc) is 3.08. The molecule has 0 saturated carbocycles. The number of furan rings is 1. The first-order chi connectivity index (χ1) is 14.4. The van der Waals surface area contributed by atoms with Crippen molar-refractivity contribution in [3.8, 4) is 0 Å². The van der Waals surface area contributed by atoms with Crippen LogP contribution in [0.1, 0.15) is 46.1 Å². The fraction of sp³-hybridized carbons (Fsp3) is 0.300. The quantitative estimate of drug-likeness (QED) is 0.560. The van der Waals surface area contributed by atoms with Crippen LogP contribution in [0.3, 0.4) is 0 Å². The minimum Gasteiger partial charge on any atom is -0.462 e. The summed E-state index contributed by atoms with van der Waals surface area (Å²) in [6.07, 6.45) is 0. The Labute approximate surface area is 175 Å². The summed E-state index contributed by atoms with van der Waals surface area (Å²) >= 11 is 0. The Bertz CT molecular complexity index is 1140. The van der Waals surface area contributed by atoms with E-state index in [1.165, 1.54) is 0 Å². The third-order valence-corrected chi connectivity index (χ3v) is 5.60. The van der Waals surface area contributed by atoms with Crippen molar-refractivity contribution in [2.75, 3.05) is 18.1 Å². The topological polar surface area (TPSA) is 135 Å². The summed E-state index contributed by atoms with van der Waals surface area (Å²) in [5.74, 6) is -0.442. The summed E-state index contributed by atoms with van der Waals surface area (Å²) in [4.78, 5) is 33.4. The summed E-state index contributed by atoms with van der Waals surface area (Å²) in [5.41, 5.74) is 6.49. The fourth-order valence-electron chi connectivity index (χ4n) is 2.89. The average molecular weight is 431 g/mol. The predicted molar refractivity (Wildman–Crippen MR) is 109 cm³/mol. The van der Waals surface area contributed by atoms with Crippen LogP contribution in [0.15, 0.2) is 33.6 Å². The molecule has 1 aromatic carbocycles. The maximum Gasteiger partial charge on any atom is 0.342 e. The second kappa shape index (κ2) is 9.04. The Balaban J connectivity index is 1.85. The Morgan fingerprint density at radius 2 is 1.87 bits per heavy atom. The molecule has 0 bridgehead atoms. The van der Waals surface area contributed by atoms with Gasteiger partial charge in [-0.2, -0.15) is 4.98 Å². The molecule has 3 aromatic rings. The van der Waals surface area contributed by atoms with Crippen molar-refractivity contribution in [3.63, 3.8) is 0 Å². The van der Waals surface area contributed by atoms with Crippen molar-refractivity contribution in [1.82, 2.24) is 9.97 Å². The molecule has 0 spiro atoms. The third-order valence-electron chi connectivity index (χ3n) is 4.23. The zero-order valence-electron chi connectivity index (χ0n) is 16.8. The van der Waals surface area contributed by atoms with Gasteiger partial charge in [0.15, 0.2) is 12.4 Å². The van der Waals surface area contributed by atoms with Crippen LogP contribution in [-0.4, -0.2) is 38.5 Å². The first-order valence-corrected chi connectivity index (χ1v) is 10.6. The monoisotopic (exact) mass is 431 g/mol. The molecule has 2 heterocycles. The standard InChI is InChI=1S/C20H21N3O6S/c1-4-27-20(25)15-11(3)29-18-16(15)17(21)22-14(23-18)10-28-19(24)12-8-6-7-9-13(12)30(26)5-2/h6-9H,4-5,10H2,1-3H3,(H2,21,22,23). The lowest BCUT2D eigenvalue weighted by atomic mass is 10.2. The van der Waals surface area contributed by atoms with E-state index in [9.17, 15) is 13.8 Å². The summed E-state index contributed by atoms with van der Waals surface area (Å²) in [5, 5.41) is 0.254. The van der Waals surface area contributed by atoms with Crippen molar-refractivity contribution in [1.29, 1.82) is 0 Å². The van der Waals surface area contributed by atoms with E-state index >= 15 is 0 Å². The minimum atomic E-state index is -1.31. The molecule has 2 aromatic heterocycles. The SMILES string of the molecule is CCOC(=O)c1c(C)oc2nc(COC(=O)c3ccccc3S(=O)CC)nc(N)c12. The van der Waals surface area contributed by atoms with Gasteiger partial charge in [-0.25, -0.2) is 14.6 Å². The molecule has 158 valence electrons. The van der Waals surface area contributed by atoms with Gasteiger partial charge in [-0.1, -0.05) is 19.1 Å². The van der Waals surface area contributed by atoms with E-state index in [-0.39, 0.29) is 47.1 Å². The molecular formula is C20H21N3O6S. The van der Waals surface area contributed by atoms with Gasteiger partial charge in [-0.15, -0.1) is 0 Å². The van der Waals surface area contributed by atoms with E-state index in [0.29, 0.717) is 16.4 Å². The predicted octanol–water partition coefficient (Wildman–Crippen LogP) is 2.77. The summed E-state index contributed by atoms with van der Waals surface area (Å²) in [7, 11) is -1.31. The fourth-order valence-corrected chi connectivity index (χ4v) is 3.83. The number of anilines is 1. The molecule has 10 heteroatoms. The van der Waals surface area contributed by atoms with Gasteiger partial charge in [-0.05, 0) is 26.0 Å². The second-order valence-corrected chi connectivity index (χ2v) is 7.87. The Morgan fingerprint density at radius 1 is 1.13 bits per heavy atom. The van der Waals surface area contributed by atoms with Crippen molar-refractivity contribution >= 4 is 39.7 Å². The molecule has 3 rings (SSSR count). The Kier molecular flexibility index (Phi) is 6.46. The summed E-state index contributed by atoms with van der Waals surface area (Å²) in [6, 6.07) is 6.54. The maximum absolute atomic E-state index is 12.5. The van der Waals surface area contributed by atoms with Gasteiger partial charge in [0.1, 0.15) is 17.1 Å². The van der Waals surface area contributed by atoms with E-state index < -0.39 is 22.7 Å². The Morgan fingerprint density at radius 3 is 2.57 bits per heavy atom. The molecule has 2 N–H and O–H groups in total. The number of hydrogen-bond donors (Lipinski definition) is 1. The first-order valence-electron chi connectivity index (χ1n) is 9.24.